The fourth-order valence-corrected chi connectivity index (χ4v) is 3.86. The van der Waals surface area contributed by atoms with Gasteiger partial charge in [0.25, 0.3) is 0 Å². The van der Waals surface area contributed by atoms with Gasteiger partial charge in [-0.05, 0) is 18.1 Å². The average molecular weight is 367 g/mol. The Hall–Kier alpha value is -2.67. The summed E-state index contributed by atoms with van der Waals surface area (Å²) in [4.78, 5) is 17.6. The number of H-pyrrole nitrogens is 1. The third-order valence-corrected chi connectivity index (χ3v) is 5.72. The molecule has 2 N–H and O–H groups in total. The molecule has 2 aromatic heterocycles. The molecule has 0 saturated heterocycles. The van der Waals surface area contributed by atoms with Crippen LogP contribution in [0.5, 0.6) is 0 Å². The van der Waals surface area contributed by atoms with Gasteiger partial charge in [-0.3, -0.25) is 5.32 Å². The molecule has 0 atom stereocenters. The Balaban J connectivity index is 1.44. The number of para-hydroxylation sites is 1. The second kappa shape index (κ2) is 6.92. The largest absolute Gasteiger partial charge is 0.361 e. The van der Waals surface area contributed by atoms with Crippen molar-refractivity contribution in [2.24, 2.45) is 0 Å². The van der Waals surface area contributed by atoms with Gasteiger partial charge in [0, 0.05) is 41.7 Å². The Morgan fingerprint density at radius 3 is 2.88 bits per heavy atom. The zero-order valence-electron chi connectivity index (χ0n) is 14.8. The lowest BCUT2D eigenvalue weighted by atomic mass is 9.99. The lowest BCUT2D eigenvalue weighted by Crippen LogP contribution is -2.37. The smallest absolute Gasteiger partial charge is 0.323 e. The zero-order valence-corrected chi connectivity index (χ0v) is 15.6. The van der Waals surface area contributed by atoms with Gasteiger partial charge in [0.1, 0.15) is 5.01 Å². The molecule has 0 bridgehead atoms. The van der Waals surface area contributed by atoms with Gasteiger partial charge in [-0.15, -0.1) is 10.2 Å². The van der Waals surface area contributed by atoms with Gasteiger partial charge in [-0.25, -0.2) is 4.79 Å². The summed E-state index contributed by atoms with van der Waals surface area (Å²) in [5.41, 5.74) is 3.65. The summed E-state index contributed by atoms with van der Waals surface area (Å²) < 4.78 is 0. The van der Waals surface area contributed by atoms with Crippen molar-refractivity contribution in [3.05, 3.63) is 47.1 Å². The lowest BCUT2D eigenvalue weighted by molar-refractivity contribution is 0.217. The molecule has 6 nitrogen and oxygen atoms in total. The Labute approximate surface area is 155 Å². The zero-order chi connectivity index (χ0) is 18.1. The maximum atomic E-state index is 12.5. The Kier molecular flexibility index (Phi) is 4.46. The van der Waals surface area contributed by atoms with Crippen molar-refractivity contribution in [2.75, 3.05) is 18.4 Å². The molecule has 1 aromatic carbocycles. The normalized spacial score (nSPS) is 14.7. The molecule has 3 aromatic rings. The minimum Gasteiger partial charge on any atom is -0.361 e. The third kappa shape index (κ3) is 3.22. The fraction of sp³-hybridized carbons (Fsp3) is 0.316. The van der Waals surface area contributed by atoms with E-state index in [1.54, 1.807) is 4.90 Å². The van der Waals surface area contributed by atoms with Crippen molar-refractivity contribution in [3.63, 3.8) is 0 Å². The van der Waals surface area contributed by atoms with Gasteiger partial charge < -0.3 is 9.88 Å². The number of hydrogen-bond acceptors (Lipinski definition) is 4. The highest BCUT2D eigenvalue weighted by Gasteiger charge is 2.20. The van der Waals surface area contributed by atoms with E-state index in [9.17, 15) is 4.79 Å². The number of urea groups is 1. The minimum absolute atomic E-state index is 0.120. The van der Waals surface area contributed by atoms with Crippen LogP contribution in [0.25, 0.3) is 16.5 Å². The molecule has 7 heteroatoms. The van der Waals surface area contributed by atoms with Crippen molar-refractivity contribution in [1.29, 1.82) is 0 Å². The number of hydrogen-bond donors (Lipinski definition) is 2. The van der Waals surface area contributed by atoms with Crippen LogP contribution in [-0.4, -0.2) is 39.2 Å². The number of rotatable bonds is 3. The first-order chi connectivity index (χ1) is 12.6. The van der Waals surface area contributed by atoms with Crippen molar-refractivity contribution >= 4 is 39.0 Å². The number of nitrogens with one attached hydrogen (secondary N) is 2. The Morgan fingerprint density at radius 2 is 2.15 bits per heavy atom. The van der Waals surface area contributed by atoms with E-state index in [2.05, 4.69) is 64.8 Å². The van der Waals surface area contributed by atoms with Crippen molar-refractivity contribution in [1.82, 2.24) is 20.1 Å². The highest BCUT2D eigenvalue weighted by molar-refractivity contribution is 7.15. The highest BCUT2D eigenvalue weighted by Crippen LogP contribution is 2.29. The third-order valence-electron chi connectivity index (χ3n) is 4.58. The molecule has 4 rings (SSSR count). The van der Waals surface area contributed by atoms with Gasteiger partial charge in [-0.1, -0.05) is 49.5 Å². The Morgan fingerprint density at radius 1 is 1.31 bits per heavy atom. The number of fused-ring (bicyclic) bond motifs is 1. The molecule has 0 unspecified atom stereocenters. The van der Waals surface area contributed by atoms with Crippen LogP contribution < -0.4 is 5.32 Å². The number of carbonyl (C=O) groups excluding carboxylic acids is 1. The SMILES string of the molecule is CC(C)c1nnc(NC(=O)N2CC=C(c3c[nH]c4ccccc34)CC2)s1. The van der Waals surface area contributed by atoms with Crippen LogP contribution >= 0.6 is 11.3 Å². The predicted molar refractivity (Wildman–Crippen MR) is 105 cm³/mol. The van der Waals surface area contributed by atoms with Crippen LogP contribution in [0.3, 0.4) is 0 Å². The van der Waals surface area contributed by atoms with Crippen molar-refractivity contribution in [2.45, 2.75) is 26.2 Å². The van der Waals surface area contributed by atoms with Crippen LogP contribution in [-0.2, 0) is 0 Å². The maximum absolute atomic E-state index is 12.5. The Bertz CT molecular complexity index is 971. The number of aromatic nitrogens is 3. The minimum atomic E-state index is -0.120. The summed E-state index contributed by atoms with van der Waals surface area (Å²) in [6, 6.07) is 8.17. The fourth-order valence-electron chi connectivity index (χ4n) is 3.12. The first-order valence-electron chi connectivity index (χ1n) is 8.76. The second-order valence-corrected chi connectivity index (χ2v) is 7.71. The van der Waals surface area contributed by atoms with E-state index in [4.69, 9.17) is 0 Å². The van der Waals surface area contributed by atoms with Crippen molar-refractivity contribution < 1.29 is 4.79 Å². The van der Waals surface area contributed by atoms with E-state index >= 15 is 0 Å². The molecule has 0 spiro atoms. The molecule has 26 heavy (non-hydrogen) atoms. The topological polar surface area (TPSA) is 73.9 Å². The average Bonchev–Trinajstić information content (AvgIpc) is 3.29. The summed E-state index contributed by atoms with van der Waals surface area (Å²) in [5.74, 6) is 0.315. The van der Waals surface area contributed by atoms with E-state index in [1.165, 1.54) is 27.9 Å². The van der Waals surface area contributed by atoms with E-state index < -0.39 is 0 Å². The molecule has 0 radical (unpaired) electrons. The van der Waals surface area contributed by atoms with Gasteiger partial charge in [-0.2, -0.15) is 0 Å². The summed E-state index contributed by atoms with van der Waals surface area (Å²) in [7, 11) is 0. The van der Waals surface area contributed by atoms with E-state index in [-0.39, 0.29) is 6.03 Å². The van der Waals surface area contributed by atoms with Crippen molar-refractivity contribution in [3.8, 4) is 0 Å². The second-order valence-electron chi connectivity index (χ2n) is 6.70. The van der Waals surface area contributed by atoms with E-state index in [1.807, 2.05) is 6.07 Å². The molecule has 3 heterocycles. The number of amides is 2. The molecule has 1 aliphatic heterocycles. The molecule has 0 aliphatic carbocycles. The molecule has 2 amide bonds. The van der Waals surface area contributed by atoms with Gasteiger partial charge in [0.2, 0.25) is 5.13 Å². The van der Waals surface area contributed by atoms with Crippen LogP contribution in [0.2, 0.25) is 0 Å². The maximum Gasteiger partial charge on any atom is 0.323 e. The summed E-state index contributed by atoms with van der Waals surface area (Å²) in [6.07, 6.45) is 5.03. The van der Waals surface area contributed by atoms with Crippen LogP contribution in [0.4, 0.5) is 9.93 Å². The molecule has 0 saturated carbocycles. The van der Waals surface area contributed by atoms with Gasteiger partial charge in [0.05, 0.1) is 0 Å². The molecule has 1 aliphatic rings. The molecular weight excluding hydrogens is 346 g/mol. The quantitative estimate of drug-likeness (QED) is 0.717. The highest BCUT2D eigenvalue weighted by atomic mass is 32.1. The van der Waals surface area contributed by atoms with Crippen LogP contribution in [0.15, 0.2) is 36.5 Å². The monoisotopic (exact) mass is 367 g/mol. The van der Waals surface area contributed by atoms with E-state index in [0.29, 0.717) is 24.1 Å². The summed E-state index contributed by atoms with van der Waals surface area (Å²) in [6.45, 7) is 5.41. The lowest BCUT2D eigenvalue weighted by Gasteiger charge is -2.26. The van der Waals surface area contributed by atoms with Gasteiger partial charge in [0.15, 0.2) is 0 Å². The van der Waals surface area contributed by atoms with Crippen LogP contribution in [0.1, 0.15) is 36.8 Å². The summed E-state index contributed by atoms with van der Waals surface area (Å²) in [5, 5.41) is 13.7. The number of nitrogens with zero attached hydrogens (tertiary/aromatic N) is 3. The van der Waals surface area contributed by atoms with Crippen LogP contribution in [0, 0.1) is 0 Å². The first-order valence-corrected chi connectivity index (χ1v) is 9.58. The molecule has 134 valence electrons. The molecule has 0 fully saturated rings. The van der Waals surface area contributed by atoms with Gasteiger partial charge >= 0.3 is 6.03 Å². The summed E-state index contributed by atoms with van der Waals surface area (Å²) >= 11 is 1.43. The number of anilines is 1. The number of carbonyl (C=O) groups is 1. The standard InChI is InChI=1S/C19H21N5OS/c1-12(2)17-22-23-18(26-17)21-19(25)24-9-7-13(8-10-24)15-11-20-16-6-4-3-5-14(15)16/h3-7,11-12,20H,8-10H2,1-2H3,(H,21,23,25). The predicted octanol–water partition coefficient (Wildman–Crippen LogP) is 4.46. The first kappa shape index (κ1) is 16.8. The number of aromatic amines is 1. The molecular formula is C19H21N5OS. The number of benzene rings is 1. The van der Waals surface area contributed by atoms with E-state index in [0.717, 1.165) is 16.9 Å².